The van der Waals surface area contributed by atoms with Crippen LogP contribution in [0.5, 0.6) is 0 Å². The summed E-state index contributed by atoms with van der Waals surface area (Å²) >= 11 is 1.65. The first-order chi connectivity index (χ1) is 7.72. The van der Waals surface area contributed by atoms with Gasteiger partial charge in [0.05, 0.1) is 21.7 Å². The van der Waals surface area contributed by atoms with Gasteiger partial charge in [-0.05, 0) is 18.4 Å². The van der Waals surface area contributed by atoms with Crippen LogP contribution in [0.25, 0.3) is 10.2 Å². The first-order valence-electron chi connectivity index (χ1n) is 5.06. The van der Waals surface area contributed by atoms with Gasteiger partial charge in [0.15, 0.2) is 0 Å². The average Bonchev–Trinajstić information content (AvgIpc) is 2.72. The van der Waals surface area contributed by atoms with Crippen molar-refractivity contribution in [2.24, 2.45) is 5.41 Å². The van der Waals surface area contributed by atoms with Crippen LogP contribution >= 0.6 is 11.3 Å². The minimum atomic E-state index is -0.214. The summed E-state index contributed by atoms with van der Waals surface area (Å²) in [6.45, 7) is 3.50. The maximum atomic E-state index is 8.98. The van der Waals surface area contributed by atoms with Crippen LogP contribution in [0.15, 0.2) is 17.8 Å². The summed E-state index contributed by atoms with van der Waals surface area (Å²) in [5.74, 6) is 0.965. The van der Waals surface area contributed by atoms with E-state index in [4.69, 9.17) is 5.26 Å². The SMILES string of the molecule is CC1(C#N)CN(c2ncnc3ccsc23)C1. The fraction of sp³-hybridized carbons (Fsp3) is 0.364. The predicted molar refractivity (Wildman–Crippen MR) is 63.3 cm³/mol. The molecule has 0 amide bonds. The van der Waals surface area contributed by atoms with Crippen molar-refractivity contribution < 1.29 is 0 Å². The smallest absolute Gasteiger partial charge is 0.150 e. The third kappa shape index (κ3) is 1.27. The van der Waals surface area contributed by atoms with Crippen molar-refractivity contribution in [1.82, 2.24) is 9.97 Å². The van der Waals surface area contributed by atoms with Crippen LogP contribution in [0.2, 0.25) is 0 Å². The van der Waals surface area contributed by atoms with Crippen LogP contribution in [0, 0.1) is 16.7 Å². The molecule has 1 aliphatic rings. The average molecular weight is 230 g/mol. The second-order valence-corrected chi connectivity index (χ2v) is 5.28. The molecule has 0 bridgehead atoms. The number of thiophene rings is 1. The van der Waals surface area contributed by atoms with E-state index in [9.17, 15) is 0 Å². The van der Waals surface area contributed by atoms with E-state index in [1.807, 2.05) is 18.4 Å². The molecule has 1 fully saturated rings. The van der Waals surface area contributed by atoms with Crippen molar-refractivity contribution >= 4 is 27.4 Å². The zero-order chi connectivity index (χ0) is 11.2. The van der Waals surface area contributed by atoms with Crippen LogP contribution in [0.4, 0.5) is 5.82 Å². The van der Waals surface area contributed by atoms with E-state index in [2.05, 4.69) is 20.9 Å². The van der Waals surface area contributed by atoms with Crippen LogP contribution < -0.4 is 4.90 Å². The van der Waals surface area contributed by atoms with Crippen molar-refractivity contribution in [3.63, 3.8) is 0 Å². The highest BCUT2D eigenvalue weighted by Crippen LogP contribution is 2.36. The van der Waals surface area contributed by atoms with Gasteiger partial charge >= 0.3 is 0 Å². The molecule has 4 nitrogen and oxygen atoms in total. The Kier molecular flexibility index (Phi) is 1.88. The van der Waals surface area contributed by atoms with Gasteiger partial charge in [-0.1, -0.05) is 0 Å². The van der Waals surface area contributed by atoms with Gasteiger partial charge in [-0.2, -0.15) is 5.26 Å². The highest BCUT2D eigenvalue weighted by Gasteiger charge is 2.40. The third-order valence-electron chi connectivity index (χ3n) is 2.87. The van der Waals surface area contributed by atoms with Gasteiger partial charge in [0.2, 0.25) is 0 Å². The largest absolute Gasteiger partial charge is 0.352 e. The quantitative estimate of drug-likeness (QED) is 0.752. The Morgan fingerprint density at radius 3 is 3.06 bits per heavy atom. The molecule has 80 valence electrons. The predicted octanol–water partition coefficient (Wildman–Crippen LogP) is 2.04. The molecule has 0 N–H and O–H groups in total. The third-order valence-corrected chi connectivity index (χ3v) is 3.77. The summed E-state index contributed by atoms with van der Waals surface area (Å²) < 4.78 is 1.11. The highest BCUT2D eigenvalue weighted by atomic mass is 32.1. The maximum Gasteiger partial charge on any atom is 0.150 e. The second-order valence-electron chi connectivity index (χ2n) is 4.36. The van der Waals surface area contributed by atoms with E-state index in [1.54, 1.807) is 17.7 Å². The molecular weight excluding hydrogens is 220 g/mol. The van der Waals surface area contributed by atoms with Gasteiger partial charge in [-0.25, -0.2) is 9.97 Å². The number of aromatic nitrogens is 2. The number of hydrogen-bond donors (Lipinski definition) is 0. The van der Waals surface area contributed by atoms with Gasteiger partial charge in [-0.3, -0.25) is 0 Å². The Labute approximate surface area is 97.2 Å². The van der Waals surface area contributed by atoms with Crippen LogP contribution in [0.3, 0.4) is 0 Å². The molecule has 5 heteroatoms. The van der Waals surface area contributed by atoms with Crippen molar-refractivity contribution in [2.45, 2.75) is 6.92 Å². The van der Waals surface area contributed by atoms with Crippen molar-refractivity contribution in [3.8, 4) is 6.07 Å². The molecule has 0 radical (unpaired) electrons. The number of hydrogen-bond acceptors (Lipinski definition) is 5. The van der Waals surface area contributed by atoms with E-state index in [0.717, 1.165) is 29.1 Å². The molecule has 3 heterocycles. The van der Waals surface area contributed by atoms with Gasteiger partial charge in [0.25, 0.3) is 0 Å². The van der Waals surface area contributed by atoms with Gasteiger partial charge in [0.1, 0.15) is 12.1 Å². The molecule has 16 heavy (non-hydrogen) atoms. The Morgan fingerprint density at radius 2 is 2.31 bits per heavy atom. The van der Waals surface area contributed by atoms with Crippen LogP contribution in [-0.2, 0) is 0 Å². The first kappa shape index (κ1) is 9.55. The minimum absolute atomic E-state index is 0.214. The lowest BCUT2D eigenvalue weighted by atomic mass is 9.84. The molecule has 1 aliphatic heterocycles. The van der Waals surface area contributed by atoms with Crippen LogP contribution in [-0.4, -0.2) is 23.1 Å². The summed E-state index contributed by atoms with van der Waals surface area (Å²) in [5, 5.41) is 11.0. The Morgan fingerprint density at radius 1 is 1.50 bits per heavy atom. The Balaban J connectivity index is 1.97. The molecule has 0 spiro atoms. The van der Waals surface area contributed by atoms with Gasteiger partial charge in [-0.15, -0.1) is 11.3 Å². The molecule has 0 aromatic carbocycles. The summed E-state index contributed by atoms with van der Waals surface area (Å²) in [6, 6.07) is 4.33. The number of nitrogens with zero attached hydrogens (tertiary/aromatic N) is 4. The normalized spacial score (nSPS) is 18.1. The molecule has 0 aliphatic carbocycles. The molecule has 0 unspecified atom stereocenters. The van der Waals surface area contributed by atoms with Crippen LogP contribution in [0.1, 0.15) is 6.92 Å². The number of rotatable bonds is 1. The second kappa shape index (κ2) is 3.16. The summed E-state index contributed by atoms with van der Waals surface area (Å²) in [6.07, 6.45) is 1.59. The highest BCUT2D eigenvalue weighted by molar-refractivity contribution is 7.17. The van der Waals surface area contributed by atoms with E-state index in [-0.39, 0.29) is 5.41 Å². The summed E-state index contributed by atoms with van der Waals surface area (Å²) in [4.78, 5) is 10.7. The topological polar surface area (TPSA) is 52.8 Å². The zero-order valence-electron chi connectivity index (χ0n) is 8.84. The van der Waals surface area contributed by atoms with E-state index >= 15 is 0 Å². The monoisotopic (exact) mass is 230 g/mol. The molecular formula is C11H10N4S. The lowest BCUT2D eigenvalue weighted by molar-refractivity contribution is 0.335. The van der Waals surface area contributed by atoms with Gasteiger partial charge < -0.3 is 4.90 Å². The maximum absolute atomic E-state index is 8.98. The van der Waals surface area contributed by atoms with E-state index < -0.39 is 0 Å². The standard InChI is InChI=1S/C11H10N4S/c1-11(4-12)5-15(6-11)10-9-8(2-3-16-9)13-7-14-10/h2-3,7H,5-6H2,1H3. The van der Waals surface area contributed by atoms with Crippen molar-refractivity contribution in [1.29, 1.82) is 5.26 Å². The molecule has 1 saturated heterocycles. The fourth-order valence-corrected chi connectivity index (χ4v) is 2.88. The van der Waals surface area contributed by atoms with Crippen molar-refractivity contribution in [2.75, 3.05) is 18.0 Å². The number of anilines is 1. The molecule has 0 atom stereocenters. The fourth-order valence-electron chi connectivity index (χ4n) is 2.02. The lowest BCUT2D eigenvalue weighted by Crippen LogP contribution is -2.54. The number of nitriles is 1. The first-order valence-corrected chi connectivity index (χ1v) is 5.94. The van der Waals surface area contributed by atoms with Gasteiger partial charge in [0, 0.05) is 13.1 Å². The number of fused-ring (bicyclic) bond motifs is 1. The zero-order valence-corrected chi connectivity index (χ0v) is 9.66. The molecule has 2 aromatic heterocycles. The molecule has 2 aromatic rings. The van der Waals surface area contributed by atoms with Crippen molar-refractivity contribution in [3.05, 3.63) is 17.8 Å². The van der Waals surface area contributed by atoms with E-state index in [0.29, 0.717) is 0 Å². The summed E-state index contributed by atoms with van der Waals surface area (Å²) in [7, 11) is 0. The summed E-state index contributed by atoms with van der Waals surface area (Å²) in [5.41, 5.74) is 0.773. The lowest BCUT2D eigenvalue weighted by Gasteiger charge is -2.44. The Hall–Kier alpha value is -1.67. The minimum Gasteiger partial charge on any atom is -0.352 e. The molecule has 0 saturated carbocycles. The Bertz CT molecular complexity index is 577. The van der Waals surface area contributed by atoms with E-state index in [1.165, 1.54) is 0 Å². The molecule has 3 rings (SSSR count).